The molecule has 424 valence electrons. The second kappa shape index (κ2) is 61.6. The number of amides is 1. The Morgan fingerprint density at radius 3 is 1.10 bits per heavy atom. The van der Waals surface area contributed by atoms with Gasteiger partial charge in [0, 0.05) is 12.8 Å². The van der Waals surface area contributed by atoms with Gasteiger partial charge in [-0.1, -0.05) is 288 Å². The van der Waals surface area contributed by atoms with Gasteiger partial charge in [0.2, 0.25) is 5.91 Å². The number of nitrogens with one attached hydrogen (secondary N) is 1. The summed E-state index contributed by atoms with van der Waals surface area (Å²) < 4.78 is 5.49. The molecule has 0 saturated carbocycles. The maximum Gasteiger partial charge on any atom is 0.305 e. The summed E-state index contributed by atoms with van der Waals surface area (Å²) in [6, 6.07) is -0.543. The Hall–Kier alpha value is -1.92. The highest BCUT2D eigenvalue weighted by Crippen LogP contribution is 2.17. The number of unbranched alkanes of at least 4 members (excludes halogenated alkanes) is 43. The average molecular weight is 1010 g/mol. The van der Waals surface area contributed by atoms with Gasteiger partial charge in [0.25, 0.3) is 0 Å². The minimum atomic E-state index is -0.666. The maximum atomic E-state index is 12.5. The van der Waals surface area contributed by atoms with Crippen molar-refractivity contribution in [2.24, 2.45) is 0 Å². The highest BCUT2D eigenvalue weighted by atomic mass is 16.5. The predicted octanol–water partition coefficient (Wildman–Crippen LogP) is 20.4. The Balaban J connectivity index is 3.38. The van der Waals surface area contributed by atoms with Crippen LogP contribution in [0.25, 0.3) is 0 Å². The highest BCUT2D eigenvalue weighted by molar-refractivity contribution is 5.76. The minimum absolute atomic E-state index is 0.00582. The topological polar surface area (TPSA) is 95.9 Å². The van der Waals surface area contributed by atoms with E-state index in [1.807, 2.05) is 0 Å². The molecule has 0 rings (SSSR count). The van der Waals surface area contributed by atoms with Crippen molar-refractivity contribution in [2.75, 3.05) is 13.2 Å². The van der Waals surface area contributed by atoms with Gasteiger partial charge in [0.05, 0.1) is 25.4 Å². The molecule has 1 amide bonds. The van der Waals surface area contributed by atoms with Gasteiger partial charge in [-0.3, -0.25) is 9.59 Å². The first-order valence-electron chi connectivity index (χ1n) is 32.2. The summed E-state index contributed by atoms with van der Waals surface area (Å²) in [7, 11) is 0. The summed E-state index contributed by atoms with van der Waals surface area (Å²) in [5.74, 6) is -0.0314. The van der Waals surface area contributed by atoms with E-state index in [9.17, 15) is 19.8 Å². The van der Waals surface area contributed by atoms with Gasteiger partial charge in [0.15, 0.2) is 0 Å². The van der Waals surface area contributed by atoms with Crippen molar-refractivity contribution in [3.8, 4) is 0 Å². The van der Waals surface area contributed by atoms with Crippen molar-refractivity contribution in [1.82, 2.24) is 5.32 Å². The van der Waals surface area contributed by atoms with Crippen LogP contribution in [-0.4, -0.2) is 47.4 Å². The normalized spacial score (nSPS) is 12.8. The average Bonchev–Trinajstić information content (AvgIpc) is 3.38. The Bertz CT molecular complexity index is 1170. The van der Waals surface area contributed by atoms with Crippen LogP contribution in [0.3, 0.4) is 0 Å². The lowest BCUT2D eigenvalue weighted by Crippen LogP contribution is -2.45. The number of carbonyl (C=O) groups is 2. The van der Waals surface area contributed by atoms with Gasteiger partial charge in [-0.15, -0.1) is 0 Å². The molecule has 0 aromatic carbocycles. The minimum Gasteiger partial charge on any atom is -0.466 e. The van der Waals surface area contributed by atoms with Gasteiger partial charge in [0.1, 0.15) is 0 Å². The van der Waals surface area contributed by atoms with Gasteiger partial charge in [-0.05, 0) is 83.5 Å². The molecule has 0 saturated heterocycles. The van der Waals surface area contributed by atoms with E-state index in [1.165, 1.54) is 263 Å². The number of rotatable bonds is 60. The van der Waals surface area contributed by atoms with Crippen LogP contribution in [0, 0.1) is 0 Å². The van der Waals surface area contributed by atoms with E-state index in [1.54, 1.807) is 0 Å². The number of esters is 1. The molecule has 2 atom stereocenters. The lowest BCUT2D eigenvalue weighted by molar-refractivity contribution is -0.143. The van der Waals surface area contributed by atoms with Crippen molar-refractivity contribution >= 4 is 11.9 Å². The third-order valence-corrected chi connectivity index (χ3v) is 14.9. The molecule has 6 nitrogen and oxygen atoms in total. The lowest BCUT2D eigenvalue weighted by Gasteiger charge is -2.22. The summed E-state index contributed by atoms with van der Waals surface area (Å²) in [5.41, 5.74) is 0. The van der Waals surface area contributed by atoms with E-state index in [-0.39, 0.29) is 18.5 Å². The molecule has 0 heterocycles. The largest absolute Gasteiger partial charge is 0.466 e. The molecule has 0 radical (unpaired) electrons. The van der Waals surface area contributed by atoms with Gasteiger partial charge in [-0.25, -0.2) is 0 Å². The van der Waals surface area contributed by atoms with E-state index in [2.05, 4.69) is 55.6 Å². The van der Waals surface area contributed by atoms with Gasteiger partial charge < -0.3 is 20.3 Å². The first-order chi connectivity index (χ1) is 35.5. The Kier molecular flexibility index (Phi) is 60.0. The van der Waals surface area contributed by atoms with Crippen molar-refractivity contribution < 1.29 is 24.5 Å². The first-order valence-corrected chi connectivity index (χ1v) is 32.2. The molecule has 0 aromatic rings. The molecule has 0 aliphatic rings. The number of aliphatic hydroxyl groups excluding tert-OH is 2. The van der Waals surface area contributed by atoms with E-state index >= 15 is 0 Å². The molecule has 0 fully saturated rings. The third-order valence-electron chi connectivity index (χ3n) is 14.9. The highest BCUT2D eigenvalue weighted by Gasteiger charge is 2.20. The van der Waals surface area contributed by atoms with E-state index in [4.69, 9.17) is 4.74 Å². The Labute approximate surface area is 449 Å². The van der Waals surface area contributed by atoms with Gasteiger partial charge >= 0.3 is 5.97 Å². The summed E-state index contributed by atoms with van der Waals surface area (Å²) in [5, 5.41) is 23.3. The molecule has 0 aliphatic heterocycles. The first kappa shape index (κ1) is 70.1. The molecular weight excluding hydrogens is 887 g/mol. The second-order valence-corrected chi connectivity index (χ2v) is 22.1. The van der Waals surface area contributed by atoms with Crippen molar-refractivity contribution in [3.05, 3.63) is 36.5 Å². The van der Waals surface area contributed by atoms with Crippen LogP contribution >= 0.6 is 0 Å². The zero-order valence-corrected chi connectivity index (χ0v) is 48.4. The summed E-state index contributed by atoms with van der Waals surface area (Å²) >= 11 is 0. The van der Waals surface area contributed by atoms with Crippen molar-refractivity contribution in [3.63, 3.8) is 0 Å². The van der Waals surface area contributed by atoms with Crippen LogP contribution in [-0.2, 0) is 14.3 Å². The zero-order chi connectivity index (χ0) is 52.2. The van der Waals surface area contributed by atoms with Crippen LogP contribution in [0.5, 0.6) is 0 Å². The number of hydrogen-bond donors (Lipinski definition) is 3. The molecule has 0 bridgehead atoms. The molecular formula is C66H125NO5. The molecule has 0 aromatic heterocycles. The molecule has 6 heteroatoms. The van der Waals surface area contributed by atoms with E-state index < -0.39 is 12.1 Å². The van der Waals surface area contributed by atoms with Crippen LogP contribution < -0.4 is 5.32 Å². The number of hydrogen-bond acceptors (Lipinski definition) is 5. The van der Waals surface area contributed by atoms with Crippen LogP contribution in [0.2, 0.25) is 0 Å². The van der Waals surface area contributed by atoms with Crippen molar-refractivity contribution in [1.29, 1.82) is 0 Å². The summed E-state index contributed by atoms with van der Waals surface area (Å²) in [6.07, 6.45) is 77.3. The zero-order valence-electron chi connectivity index (χ0n) is 48.4. The van der Waals surface area contributed by atoms with Crippen LogP contribution in [0.4, 0.5) is 0 Å². The molecule has 2 unspecified atom stereocenters. The quantitative estimate of drug-likeness (QED) is 0.0320. The number of aliphatic hydroxyl groups is 2. The summed E-state index contributed by atoms with van der Waals surface area (Å²) in [6.45, 7) is 4.94. The fourth-order valence-corrected chi connectivity index (χ4v) is 9.96. The monoisotopic (exact) mass is 1010 g/mol. The molecule has 0 spiro atoms. The lowest BCUT2D eigenvalue weighted by atomic mass is 10.0. The summed E-state index contributed by atoms with van der Waals surface area (Å²) in [4.78, 5) is 24.6. The fourth-order valence-electron chi connectivity index (χ4n) is 9.96. The molecule has 72 heavy (non-hydrogen) atoms. The van der Waals surface area contributed by atoms with E-state index in [0.717, 1.165) is 51.4 Å². The van der Waals surface area contributed by atoms with Crippen LogP contribution in [0.1, 0.15) is 348 Å². The number of allylic oxidation sites excluding steroid dienone is 6. The van der Waals surface area contributed by atoms with Crippen molar-refractivity contribution in [2.45, 2.75) is 360 Å². The number of ether oxygens (including phenoxy) is 1. The number of carbonyl (C=O) groups excluding carboxylic acids is 2. The fraction of sp³-hybridized carbons (Fsp3) is 0.879. The molecule has 0 aliphatic carbocycles. The maximum absolute atomic E-state index is 12.5. The Morgan fingerprint density at radius 2 is 0.694 bits per heavy atom. The standard InChI is InChI=1S/C66H125NO5/c1-3-5-7-9-11-13-15-17-18-28-32-36-40-44-48-52-56-60-66(71)72-61-57-53-49-45-41-37-33-30-27-25-23-21-19-20-22-24-26-29-31-35-39-43-47-51-55-59-65(70)67-63(62-68)64(69)58-54-50-46-42-38-34-16-14-12-10-8-6-4-2/h11,13,17-18,20,22,63-64,68-69H,3-10,12,14-16,19,21,23-62H2,1-2H3,(H,67,70)/b13-11-,18-17-,22-20-. The second-order valence-electron chi connectivity index (χ2n) is 22.1. The van der Waals surface area contributed by atoms with Crippen LogP contribution in [0.15, 0.2) is 36.5 Å². The smallest absolute Gasteiger partial charge is 0.305 e. The Morgan fingerprint density at radius 1 is 0.389 bits per heavy atom. The third kappa shape index (κ3) is 57.4. The molecule has 3 N–H and O–H groups in total. The predicted molar refractivity (Wildman–Crippen MR) is 315 cm³/mol. The van der Waals surface area contributed by atoms with E-state index in [0.29, 0.717) is 25.9 Å². The van der Waals surface area contributed by atoms with Gasteiger partial charge in [-0.2, -0.15) is 0 Å². The SMILES string of the molecule is CCCCC/C=C\C/C=C\CCCCCCCCCC(=O)OCCCCCCCCCCCCCC/C=C\CCCCCCCCCCCC(=O)NC(CO)C(O)CCCCCCCCCCCCCCC.